The number of aromatic carboxylic acids is 1. The zero-order valence-electron chi connectivity index (χ0n) is 7.98. The molecule has 0 bridgehead atoms. The third-order valence-electron chi connectivity index (χ3n) is 2.28. The number of nitrogens with zero attached hydrogens (tertiary/aromatic N) is 2. The lowest BCUT2D eigenvalue weighted by atomic mass is 10.3. The van der Waals surface area contributed by atoms with Crippen LogP contribution in [0, 0.1) is 6.92 Å². The SMILES string of the molecule is Cc1cc2c(cn1)cc(C(=O)O)n2C. The topological polar surface area (TPSA) is 55.1 Å². The fourth-order valence-corrected chi connectivity index (χ4v) is 1.54. The first-order valence-corrected chi connectivity index (χ1v) is 4.25. The fraction of sp³-hybridized carbons (Fsp3) is 0.200. The largest absolute Gasteiger partial charge is 0.477 e. The molecule has 0 atom stereocenters. The summed E-state index contributed by atoms with van der Waals surface area (Å²) < 4.78 is 1.66. The molecule has 4 nitrogen and oxygen atoms in total. The number of fused-ring (bicyclic) bond motifs is 1. The zero-order valence-corrected chi connectivity index (χ0v) is 7.98. The quantitative estimate of drug-likeness (QED) is 0.742. The van der Waals surface area contributed by atoms with E-state index in [0.29, 0.717) is 0 Å². The lowest BCUT2D eigenvalue weighted by molar-refractivity contribution is 0.0687. The first-order valence-electron chi connectivity index (χ1n) is 4.25. The molecule has 0 saturated carbocycles. The highest BCUT2D eigenvalue weighted by Gasteiger charge is 2.11. The van der Waals surface area contributed by atoms with Crippen molar-refractivity contribution in [2.24, 2.45) is 7.05 Å². The number of aryl methyl sites for hydroxylation is 2. The molecule has 4 heteroatoms. The van der Waals surface area contributed by atoms with Crippen molar-refractivity contribution in [2.75, 3.05) is 0 Å². The molecule has 72 valence electrons. The van der Waals surface area contributed by atoms with Crippen molar-refractivity contribution in [2.45, 2.75) is 6.92 Å². The maximum Gasteiger partial charge on any atom is 0.352 e. The minimum absolute atomic E-state index is 0.285. The van der Waals surface area contributed by atoms with Gasteiger partial charge < -0.3 is 9.67 Å². The predicted octanol–water partition coefficient (Wildman–Crippen LogP) is 1.58. The van der Waals surface area contributed by atoms with Gasteiger partial charge in [-0.1, -0.05) is 0 Å². The van der Waals surface area contributed by atoms with Crippen molar-refractivity contribution < 1.29 is 9.90 Å². The summed E-state index contributed by atoms with van der Waals surface area (Å²) in [7, 11) is 1.74. The summed E-state index contributed by atoms with van der Waals surface area (Å²) in [5.41, 5.74) is 2.07. The lowest BCUT2D eigenvalue weighted by Crippen LogP contribution is -2.03. The molecule has 2 rings (SSSR count). The molecule has 0 saturated heterocycles. The fourth-order valence-electron chi connectivity index (χ4n) is 1.54. The van der Waals surface area contributed by atoms with Crippen molar-refractivity contribution in [3.63, 3.8) is 0 Å². The third-order valence-corrected chi connectivity index (χ3v) is 2.28. The van der Waals surface area contributed by atoms with Crippen LogP contribution in [-0.4, -0.2) is 20.6 Å². The van der Waals surface area contributed by atoms with Crippen molar-refractivity contribution in [1.82, 2.24) is 9.55 Å². The van der Waals surface area contributed by atoms with E-state index >= 15 is 0 Å². The number of carboxylic acid groups (broad SMARTS) is 1. The van der Waals surface area contributed by atoms with E-state index in [4.69, 9.17) is 5.11 Å². The Hall–Kier alpha value is -1.84. The first-order chi connectivity index (χ1) is 6.59. The Bertz CT molecular complexity index is 514. The van der Waals surface area contributed by atoms with Gasteiger partial charge in [0.05, 0.1) is 5.52 Å². The molecule has 14 heavy (non-hydrogen) atoms. The van der Waals surface area contributed by atoms with Gasteiger partial charge in [-0.2, -0.15) is 0 Å². The van der Waals surface area contributed by atoms with Crippen LogP contribution < -0.4 is 0 Å². The standard InChI is InChI=1S/C10H10N2O2/c1-6-3-8-7(5-11-6)4-9(10(13)14)12(8)2/h3-5H,1-2H3,(H,13,14). The number of rotatable bonds is 1. The van der Waals surface area contributed by atoms with Crippen molar-refractivity contribution in [3.8, 4) is 0 Å². The molecule has 2 aromatic rings. The van der Waals surface area contributed by atoms with Gasteiger partial charge in [-0.05, 0) is 19.1 Å². The lowest BCUT2D eigenvalue weighted by Gasteiger charge is -1.99. The maximum atomic E-state index is 10.8. The van der Waals surface area contributed by atoms with Crippen LogP contribution in [0.4, 0.5) is 0 Å². The second-order valence-electron chi connectivity index (χ2n) is 3.28. The molecule has 0 aliphatic rings. The van der Waals surface area contributed by atoms with E-state index in [9.17, 15) is 4.79 Å². The van der Waals surface area contributed by atoms with Crippen molar-refractivity contribution in [3.05, 3.63) is 29.7 Å². The molecule has 0 amide bonds. The van der Waals surface area contributed by atoms with Crippen LogP contribution in [0.5, 0.6) is 0 Å². The molecule has 1 N–H and O–H groups in total. The van der Waals surface area contributed by atoms with E-state index in [1.165, 1.54) is 0 Å². The van der Waals surface area contributed by atoms with Crippen LogP contribution in [0.1, 0.15) is 16.2 Å². The highest BCUT2D eigenvalue weighted by Crippen LogP contribution is 2.18. The maximum absolute atomic E-state index is 10.8. The van der Waals surface area contributed by atoms with Gasteiger partial charge in [0.2, 0.25) is 0 Å². The summed E-state index contributed by atoms with van der Waals surface area (Å²) in [5.74, 6) is -0.915. The predicted molar refractivity (Wildman–Crippen MR) is 52.4 cm³/mol. The minimum Gasteiger partial charge on any atom is -0.477 e. The normalized spacial score (nSPS) is 10.7. The number of carbonyl (C=O) groups is 1. The van der Waals surface area contributed by atoms with E-state index in [0.717, 1.165) is 16.6 Å². The Labute approximate surface area is 80.8 Å². The van der Waals surface area contributed by atoms with Gasteiger partial charge in [0.15, 0.2) is 0 Å². The summed E-state index contributed by atoms with van der Waals surface area (Å²) in [4.78, 5) is 14.9. The summed E-state index contributed by atoms with van der Waals surface area (Å²) in [6.07, 6.45) is 1.69. The molecule has 0 unspecified atom stereocenters. The van der Waals surface area contributed by atoms with Crippen molar-refractivity contribution in [1.29, 1.82) is 0 Å². The summed E-state index contributed by atoms with van der Waals surface area (Å²) in [6, 6.07) is 3.51. The molecule has 2 aromatic heterocycles. The number of aromatic nitrogens is 2. The molecular weight excluding hydrogens is 180 g/mol. The van der Waals surface area contributed by atoms with Crippen molar-refractivity contribution >= 4 is 16.9 Å². The highest BCUT2D eigenvalue weighted by molar-refractivity contribution is 5.94. The number of pyridine rings is 1. The molecule has 0 aliphatic carbocycles. The number of hydrogen-bond donors (Lipinski definition) is 1. The highest BCUT2D eigenvalue weighted by atomic mass is 16.4. The summed E-state index contributed by atoms with van der Waals surface area (Å²) in [5, 5.41) is 9.75. The Morgan fingerprint density at radius 3 is 2.86 bits per heavy atom. The Balaban J connectivity index is 2.80. The van der Waals surface area contributed by atoms with Crippen LogP contribution in [-0.2, 0) is 7.05 Å². The van der Waals surface area contributed by atoms with Gasteiger partial charge in [-0.25, -0.2) is 4.79 Å². The van der Waals surface area contributed by atoms with Crippen LogP contribution in [0.2, 0.25) is 0 Å². The minimum atomic E-state index is -0.915. The molecule has 2 heterocycles. The van der Waals surface area contributed by atoms with Gasteiger partial charge in [0, 0.05) is 24.3 Å². The van der Waals surface area contributed by atoms with Crippen LogP contribution in [0.15, 0.2) is 18.3 Å². The Morgan fingerprint density at radius 2 is 2.21 bits per heavy atom. The number of hydrogen-bond acceptors (Lipinski definition) is 2. The zero-order chi connectivity index (χ0) is 10.3. The smallest absolute Gasteiger partial charge is 0.352 e. The number of carboxylic acids is 1. The van der Waals surface area contributed by atoms with E-state index < -0.39 is 5.97 Å². The van der Waals surface area contributed by atoms with Crippen LogP contribution in [0.3, 0.4) is 0 Å². The van der Waals surface area contributed by atoms with Gasteiger partial charge in [-0.15, -0.1) is 0 Å². The second-order valence-corrected chi connectivity index (χ2v) is 3.28. The van der Waals surface area contributed by atoms with E-state index in [1.807, 2.05) is 13.0 Å². The van der Waals surface area contributed by atoms with Gasteiger partial charge in [0.25, 0.3) is 0 Å². The van der Waals surface area contributed by atoms with E-state index in [1.54, 1.807) is 23.9 Å². The van der Waals surface area contributed by atoms with Crippen LogP contribution >= 0.6 is 0 Å². The van der Waals surface area contributed by atoms with E-state index in [-0.39, 0.29) is 5.69 Å². The third kappa shape index (κ3) is 1.16. The Morgan fingerprint density at radius 1 is 1.50 bits per heavy atom. The molecule has 0 radical (unpaired) electrons. The van der Waals surface area contributed by atoms with E-state index in [2.05, 4.69) is 4.98 Å². The summed E-state index contributed by atoms with van der Waals surface area (Å²) in [6.45, 7) is 1.88. The first kappa shape index (κ1) is 8.74. The molecule has 0 aliphatic heterocycles. The average molecular weight is 190 g/mol. The second kappa shape index (κ2) is 2.83. The molecule has 0 fully saturated rings. The molecule has 0 spiro atoms. The van der Waals surface area contributed by atoms with Crippen LogP contribution in [0.25, 0.3) is 10.9 Å². The monoisotopic (exact) mass is 190 g/mol. The van der Waals surface area contributed by atoms with Gasteiger partial charge >= 0.3 is 5.97 Å². The molecular formula is C10H10N2O2. The average Bonchev–Trinajstić information content (AvgIpc) is 2.44. The van der Waals surface area contributed by atoms with Gasteiger partial charge in [0.1, 0.15) is 5.69 Å². The Kier molecular flexibility index (Phi) is 1.77. The molecule has 0 aromatic carbocycles. The summed E-state index contributed by atoms with van der Waals surface area (Å²) >= 11 is 0. The van der Waals surface area contributed by atoms with Gasteiger partial charge in [-0.3, -0.25) is 4.98 Å².